The predicted octanol–water partition coefficient (Wildman–Crippen LogP) is 3.68. The third-order valence-corrected chi connectivity index (χ3v) is 3.18. The van der Waals surface area contributed by atoms with Gasteiger partial charge in [-0.2, -0.15) is 0 Å². The number of halogens is 1. The van der Waals surface area contributed by atoms with Gasteiger partial charge < -0.3 is 10.2 Å². The molecule has 1 aromatic carbocycles. The number of anilines is 1. The Morgan fingerprint density at radius 1 is 1.35 bits per heavy atom. The molecule has 0 heterocycles. The lowest BCUT2D eigenvalue weighted by atomic mass is 10.1. The first kappa shape index (κ1) is 14.3. The maximum absolute atomic E-state index is 6.29. The van der Waals surface area contributed by atoms with Gasteiger partial charge >= 0.3 is 0 Å². The van der Waals surface area contributed by atoms with Crippen molar-refractivity contribution in [2.75, 3.05) is 18.5 Å². The lowest BCUT2D eigenvalue weighted by Crippen LogP contribution is -2.31. The van der Waals surface area contributed by atoms with Crippen LogP contribution in [-0.4, -0.2) is 19.6 Å². The summed E-state index contributed by atoms with van der Waals surface area (Å²) in [5.74, 6) is 0. The van der Waals surface area contributed by atoms with E-state index in [4.69, 9.17) is 11.6 Å². The molecule has 0 atom stereocenters. The molecule has 0 aliphatic heterocycles. The molecule has 0 fully saturated rings. The van der Waals surface area contributed by atoms with Gasteiger partial charge in [-0.25, -0.2) is 0 Å². The topological polar surface area (TPSA) is 15.3 Å². The molecule has 0 saturated heterocycles. The highest BCUT2D eigenvalue weighted by molar-refractivity contribution is 6.31. The minimum Gasteiger partial charge on any atom is -0.369 e. The third kappa shape index (κ3) is 3.90. The molecular weight excluding hydrogens is 232 g/mol. The van der Waals surface area contributed by atoms with E-state index in [1.807, 2.05) is 7.05 Å². The van der Waals surface area contributed by atoms with E-state index in [0.29, 0.717) is 6.04 Å². The molecule has 17 heavy (non-hydrogen) atoms. The van der Waals surface area contributed by atoms with Crippen LogP contribution in [0.2, 0.25) is 5.02 Å². The summed E-state index contributed by atoms with van der Waals surface area (Å²) in [6.45, 7) is 8.51. The predicted molar refractivity (Wildman–Crippen MR) is 77.0 cm³/mol. The maximum Gasteiger partial charge on any atom is 0.0471 e. The smallest absolute Gasteiger partial charge is 0.0471 e. The summed E-state index contributed by atoms with van der Waals surface area (Å²) in [5, 5.41) is 3.97. The highest BCUT2D eigenvalue weighted by Gasteiger charge is 2.11. The lowest BCUT2D eigenvalue weighted by Gasteiger charge is -2.29. The Morgan fingerprint density at radius 2 is 2.06 bits per heavy atom. The summed E-state index contributed by atoms with van der Waals surface area (Å²) in [4.78, 5) is 2.38. The van der Waals surface area contributed by atoms with Crippen LogP contribution in [0.1, 0.15) is 32.8 Å². The van der Waals surface area contributed by atoms with Crippen LogP contribution in [-0.2, 0) is 6.54 Å². The number of nitrogens with one attached hydrogen (secondary N) is 1. The maximum atomic E-state index is 6.29. The van der Waals surface area contributed by atoms with E-state index in [1.54, 1.807) is 0 Å². The fourth-order valence-corrected chi connectivity index (χ4v) is 2.22. The minimum atomic E-state index is 0.501. The van der Waals surface area contributed by atoms with Gasteiger partial charge in [0.15, 0.2) is 0 Å². The molecular formula is C14H23ClN2. The molecule has 0 spiro atoms. The zero-order valence-corrected chi connectivity index (χ0v) is 12.0. The second-order valence-electron chi connectivity index (χ2n) is 4.59. The van der Waals surface area contributed by atoms with Crippen molar-refractivity contribution in [3.05, 3.63) is 28.8 Å². The van der Waals surface area contributed by atoms with E-state index < -0.39 is 0 Å². The second-order valence-corrected chi connectivity index (χ2v) is 5.00. The average molecular weight is 255 g/mol. The SMILES string of the molecule is CCCN(c1ccc(CNC)c(Cl)c1)C(C)C. The minimum absolute atomic E-state index is 0.501. The van der Waals surface area contributed by atoms with E-state index in [1.165, 1.54) is 5.69 Å². The Hall–Kier alpha value is -0.730. The molecule has 0 aromatic heterocycles. The van der Waals surface area contributed by atoms with Crippen LogP contribution in [0, 0.1) is 0 Å². The van der Waals surface area contributed by atoms with Gasteiger partial charge in [-0.1, -0.05) is 24.6 Å². The summed E-state index contributed by atoms with van der Waals surface area (Å²) in [6.07, 6.45) is 1.15. The summed E-state index contributed by atoms with van der Waals surface area (Å²) >= 11 is 6.29. The van der Waals surface area contributed by atoms with Crippen LogP contribution >= 0.6 is 11.6 Å². The number of hydrogen-bond acceptors (Lipinski definition) is 2. The van der Waals surface area contributed by atoms with Crippen LogP contribution < -0.4 is 10.2 Å². The normalized spacial score (nSPS) is 10.9. The number of benzene rings is 1. The molecule has 0 amide bonds. The van der Waals surface area contributed by atoms with Crippen molar-refractivity contribution in [1.29, 1.82) is 0 Å². The Bertz CT molecular complexity index is 350. The van der Waals surface area contributed by atoms with Crippen LogP contribution in [0.5, 0.6) is 0 Å². The van der Waals surface area contributed by atoms with E-state index in [9.17, 15) is 0 Å². The van der Waals surface area contributed by atoms with E-state index >= 15 is 0 Å². The molecule has 0 bridgehead atoms. The van der Waals surface area contributed by atoms with Crippen molar-refractivity contribution < 1.29 is 0 Å². The molecule has 96 valence electrons. The molecule has 0 radical (unpaired) electrons. The Kier molecular flexibility index (Phi) is 5.79. The lowest BCUT2D eigenvalue weighted by molar-refractivity contribution is 0.671. The van der Waals surface area contributed by atoms with Crippen LogP contribution in [0.4, 0.5) is 5.69 Å². The zero-order chi connectivity index (χ0) is 12.8. The first-order valence-electron chi connectivity index (χ1n) is 6.29. The first-order chi connectivity index (χ1) is 8.10. The highest BCUT2D eigenvalue weighted by Crippen LogP contribution is 2.25. The number of rotatable bonds is 6. The van der Waals surface area contributed by atoms with E-state index in [0.717, 1.165) is 30.1 Å². The molecule has 2 nitrogen and oxygen atoms in total. The average Bonchev–Trinajstić information content (AvgIpc) is 2.28. The van der Waals surface area contributed by atoms with Gasteiger partial charge in [-0.3, -0.25) is 0 Å². The molecule has 3 heteroatoms. The van der Waals surface area contributed by atoms with Gasteiger partial charge in [0.2, 0.25) is 0 Å². The fourth-order valence-electron chi connectivity index (χ4n) is 1.98. The van der Waals surface area contributed by atoms with Crippen molar-refractivity contribution in [2.45, 2.75) is 39.8 Å². The molecule has 1 aromatic rings. The zero-order valence-electron chi connectivity index (χ0n) is 11.3. The van der Waals surface area contributed by atoms with Crippen molar-refractivity contribution in [2.24, 2.45) is 0 Å². The van der Waals surface area contributed by atoms with Crippen LogP contribution in [0.25, 0.3) is 0 Å². The standard InChI is InChI=1S/C14H23ClN2/c1-5-8-17(11(2)3)13-7-6-12(10-16-4)14(15)9-13/h6-7,9,11,16H,5,8,10H2,1-4H3. The quantitative estimate of drug-likeness (QED) is 0.833. The van der Waals surface area contributed by atoms with Crippen molar-refractivity contribution >= 4 is 17.3 Å². The highest BCUT2D eigenvalue weighted by atomic mass is 35.5. The molecule has 0 saturated carbocycles. The Morgan fingerprint density at radius 3 is 2.53 bits per heavy atom. The third-order valence-electron chi connectivity index (χ3n) is 2.82. The van der Waals surface area contributed by atoms with Gasteiger partial charge in [-0.15, -0.1) is 0 Å². The molecule has 0 aliphatic rings. The molecule has 1 rings (SSSR count). The Balaban J connectivity index is 2.93. The summed E-state index contributed by atoms with van der Waals surface area (Å²) < 4.78 is 0. The van der Waals surface area contributed by atoms with Gasteiger partial charge in [0.05, 0.1) is 0 Å². The summed E-state index contributed by atoms with van der Waals surface area (Å²) in [5.41, 5.74) is 2.37. The summed E-state index contributed by atoms with van der Waals surface area (Å²) in [7, 11) is 1.93. The van der Waals surface area contributed by atoms with E-state index in [-0.39, 0.29) is 0 Å². The molecule has 0 aliphatic carbocycles. The number of hydrogen-bond donors (Lipinski definition) is 1. The summed E-state index contributed by atoms with van der Waals surface area (Å²) in [6, 6.07) is 6.85. The second kappa shape index (κ2) is 6.87. The molecule has 1 N–H and O–H groups in total. The fraction of sp³-hybridized carbons (Fsp3) is 0.571. The van der Waals surface area contributed by atoms with Gasteiger partial charge in [-0.05, 0) is 45.0 Å². The van der Waals surface area contributed by atoms with Crippen molar-refractivity contribution in [3.63, 3.8) is 0 Å². The monoisotopic (exact) mass is 254 g/mol. The Labute approximate surface area is 110 Å². The van der Waals surface area contributed by atoms with Gasteiger partial charge in [0, 0.05) is 29.8 Å². The largest absolute Gasteiger partial charge is 0.369 e. The van der Waals surface area contributed by atoms with Crippen LogP contribution in [0.15, 0.2) is 18.2 Å². The molecule has 0 unspecified atom stereocenters. The van der Waals surface area contributed by atoms with Gasteiger partial charge in [0.25, 0.3) is 0 Å². The number of nitrogens with zero attached hydrogens (tertiary/aromatic N) is 1. The van der Waals surface area contributed by atoms with Crippen molar-refractivity contribution in [3.8, 4) is 0 Å². The van der Waals surface area contributed by atoms with Gasteiger partial charge in [0.1, 0.15) is 0 Å². The van der Waals surface area contributed by atoms with E-state index in [2.05, 4.69) is 49.2 Å². The van der Waals surface area contributed by atoms with Crippen LogP contribution in [0.3, 0.4) is 0 Å². The first-order valence-corrected chi connectivity index (χ1v) is 6.67. The van der Waals surface area contributed by atoms with Crippen molar-refractivity contribution in [1.82, 2.24) is 5.32 Å².